The summed E-state index contributed by atoms with van der Waals surface area (Å²) in [5, 5.41) is 7.90. The fourth-order valence-electron chi connectivity index (χ4n) is 3.00. The molecule has 0 saturated carbocycles. The van der Waals surface area contributed by atoms with Crippen LogP contribution >= 0.6 is 11.6 Å². The SMILES string of the molecule is COc1ccccc1NC(=O)c1nc(-c2ccccc2)n(-c2ccc(C)c(Cl)c2)n1. The van der Waals surface area contributed by atoms with Crippen LogP contribution in [0.25, 0.3) is 17.1 Å². The number of nitrogens with one attached hydrogen (secondary N) is 1. The van der Waals surface area contributed by atoms with Crippen molar-refractivity contribution < 1.29 is 9.53 Å². The van der Waals surface area contributed by atoms with E-state index in [1.165, 1.54) is 0 Å². The molecule has 0 spiro atoms. The lowest BCUT2D eigenvalue weighted by atomic mass is 10.2. The van der Waals surface area contributed by atoms with Crippen LogP contribution in [0.1, 0.15) is 16.2 Å². The Bertz CT molecular complexity index is 1210. The largest absolute Gasteiger partial charge is 0.495 e. The number of anilines is 1. The minimum Gasteiger partial charge on any atom is -0.495 e. The van der Waals surface area contributed by atoms with Gasteiger partial charge in [-0.1, -0.05) is 60.1 Å². The molecule has 1 N–H and O–H groups in total. The number of methoxy groups -OCH3 is 1. The van der Waals surface area contributed by atoms with E-state index < -0.39 is 5.91 Å². The summed E-state index contributed by atoms with van der Waals surface area (Å²) in [6, 6.07) is 22.3. The summed E-state index contributed by atoms with van der Waals surface area (Å²) in [6.07, 6.45) is 0. The number of hydrogen-bond donors (Lipinski definition) is 1. The number of para-hydroxylation sites is 2. The monoisotopic (exact) mass is 418 g/mol. The third-order valence-corrected chi connectivity index (χ3v) is 5.00. The van der Waals surface area contributed by atoms with Gasteiger partial charge in [0, 0.05) is 10.6 Å². The minimum atomic E-state index is -0.436. The Labute approximate surface area is 179 Å². The number of aromatic nitrogens is 3. The molecule has 0 aliphatic rings. The van der Waals surface area contributed by atoms with E-state index in [-0.39, 0.29) is 5.82 Å². The maximum absolute atomic E-state index is 12.9. The molecule has 0 fully saturated rings. The molecule has 30 heavy (non-hydrogen) atoms. The molecule has 4 rings (SSSR count). The summed E-state index contributed by atoms with van der Waals surface area (Å²) >= 11 is 6.32. The van der Waals surface area contributed by atoms with Crippen LogP contribution < -0.4 is 10.1 Å². The Morgan fingerprint density at radius 2 is 1.77 bits per heavy atom. The van der Waals surface area contributed by atoms with Crippen molar-refractivity contribution in [3.05, 3.63) is 89.2 Å². The third kappa shape index (κ3) is 3.90. The first-order valence-electron chi connectivity index (χ1n) is 9.30. The zero-order valence-corrected chi connectivity index (χ0v) is 17.2. The first kappa shape index (κ1) is 19.7. The number of nitrogens with zero attached hydrogens (tertiary/aromatic N) is 3. The number of halogens is 1. The number of hydrogen-bond acceptors (Lipinski definition) is 4. The second-order valence-electron chi connectivity index (χ2n) is 6.62. The summed E-state index contributed by atoms with van der Waals surface area (Å²) in [4.78, 5) is 17.4. The number of benzene rings is 3. The lowest BCUT2D eigenvalue weighted by Gasteiger charge is -2.08. The van der Waals surface area contributed by atoms with Crippen LogP contribution in [0.3, 0.4) is 0 Å². The zero-order valence-electron chi connectivity index (χ0n) is 16.5. The van der Waals surface area contributed by atoms with Gasteiger partial charge in [0.05, 0.1) is 18.5 Å². The van der Waals surface area contributed by atoms with E-state index in [0.29, 0.717) is 28.0 Å². The Morgan fingerprint density at radius 1 is 1.03 bits per heavy atom. The van der Waals surface area contributed by atoms with Gasteiger partial charge in [0.15, 0.2) is 5.82 Å². The first-order valence-corrected chi connectivity index (χ1v) is 9.68. The number of carbonyl (C=O) groups is 1. The van der Waals surface area contributed by atoms with Gasteiger partial charge in [-0.05, 0) is 36.8 Å². The molecule has 0 aliphatic carbocycles. The maximum Gasteiger partial charge on any atom is 0.295 e. The lowest BCUT2D eigenvalue weighted by Crippen LogP contribution is -2.15. The van der Waals surface area contributed by atoms with Gasteiger partial charge >= 0.3 is 0 Å². The average molecular weight is 419 g/mol. The summed E-state index contributed by atoms with van der Waals surface area (Å²) in [5.74, 6) is 0.699. The standard InChI is InChI=1S/C23H19ClN4O2/c1-15-12-13-17(14-18(15)24)28-22(16-8-4-3-5-9-16)26-21(27-28)23(29)25-19-10-6-7-11-20(19)30-2/h3-14H,1-2H3,(H,25,29). The van der Waals surface area contributed by atoms with Gasteiger partial charge in [0.1, 0.15) is 5.75 Å². The predicted molar refractivity (Wildman–Crippen MR) is 117 cm³/mol. The van der Waals surface area contributed by atoms with Crippen molar-refractivity contribution in [3.8, 4) is 22.8 Å². The Hall–Kier alpha value is -3.64. The summed E-state index contributed by atoms with van der Waals surface area (Å²) in [5.41, 5.74) is 3.04. The molecular weight excluding hydrogens is 400 g/mol. The number of carbonyl (C=O) groups excluding carboxylic acids is 1. The highest BCUT2D eigenvalue weighted by molar-refractivity contribution is 6.31. The van der Waals surface area contributed by atoms with Gasteiger partial charge in [-0.25, -0.2) is 9.67 Å². The molecule has 0 unspecified atom stereocenters. The molecule has 6 nitrogen and oxygen atoms in total. The number of rotatable bonds is 5. The smallest absolute Gasteiger partial charge is 0.295 e. The highest BCUT2D eigenvalue weighted by Gasteiger charge is 2.20. The van der Waals surface area contributed by atoms with E-state index in [4.69, 9.17) is 16.3 Å². The molecule has 1 heterocycles. The van der Waals surface area contributed by atoms with Gasteiger partial charge in [-0.3, -0.25) is 4.79 Å². The number of amides is 1. The molecule has 0 atom stereocenters. The van der Waals surface area contributed by atoms with Gasteiger partial charge in [0.2, 0.25) is 5.82 Å². The van der Waals surface area contributed by atoms with Crippen LogP contribution in [0.5, 0.6) is 5.75 Å². The number of ether oxygens (including phenoxy) is 1. The molecule has 0 saturated heterocycles. The second-order valence-corrected chi connectivity index (χ2v) is 7.03. The molecular formula is C23H19ClN4O2. The molecule has 0 bridgehead atoms. The average Bonchev–Trinajstić information content (AvgIpc) is 3.22. The first-order chi connectivity index (χ1) is 14.6. The quantitative estimate of drug-likeness (QED) is 0.486. The van der Waals surface area contributed by atoms with Crippen molar-refractivity contribution in [1.29, 1.82) is 0 Å². The zero-order chi connectivity index (χ0) is 21.1. The van der Waals surface area contributed by atoms with Crippen molar-refractivity contribution in [3.63, 3.8) is 0 Å². The van der Waals surface area contributed by atoms with E-state index in [0.717, 1.165) is 11.1 Å². The summed E-state index contributed by atoms with van der Waals surface area (Å²) in [6.45, 7) is 1.93. The third-order valence-electron chi connectivity index (χ3n) is 4.60. The molecule has 1 aromatic heterocycles. The van der Waals surface area contributed by atoms with Gasteiger partial charge in [-0.2, -0.15) is 0 Å². The Kier molecular flexibility index (Phi) is 5.50. The van der Waals surface area contributed by atoms with E-state index >= 15 is 0 Å². The van der Waals surface area contributed by atoms with Crippen molar-refractivity contribution in [2.75, 3.05) is 12.4 Å². The molecule has 4 aromatic rings. The lowest BCUT2D eigenvalue weighted by molar-refractivity contribution is 0.101. The second kappa shape index (κ2) is 8.39. The molecule has 0 radical (unpaired) electrons. The van der Waals surface area contributed by atoms with Crippen molar-refractivity contribution in [2.45, 2.75) is 6.92 Å². The molecule has 150 valence electrons. The van der Waals surface area contributed by atoms with Crippen LogP contribution in [0, 0.1) is 6.92 Å². The van der Waals surface area contributed by atoms with E-state index in [9.17, 15) is 4.79 Å². The van der Waals surface area contributed by atoms with Crippen LogP contribution in [0.15, 0.2) is 72.8 Å². The van der Waals surface area contributed by atoms with Gasteiger partial charge in [0.25, 0.3) is 5.91 Å². The summed E-state index contributed by atoms with van der Waals surface area (Å²) in [7, 11) is 1.55. The normalized spacial score (nSPS) is 10.6. The molecule has 7 heteroatoms. The molecule has 1 amide bonds. The molecule has 0 aliphatic heterocycles. The van der Waals surface area contributed by atoms with Gasteiger partial charge in [-0.15, -0.1) is 5.10 Å². The van der Waals surface area contributed by atoms with Gasteiger partial charge < -0.3 is 10.1 Å². The highest BCUT2D eigenvalue weighted by Crippen LogP contribution is 2.26. The van der Waals surface area contributed by atoms with Crippen LogP contribution in [0.4, 0.5) is 5.69 Å². The van der Waals surface area contributed by atoms with E-state index in [1.807, 2.05) is 61.5 Å². The van der Waals surface area contributed by atoms with Crippen LogP contribution in [0.2, 0.25) is 5.02 Å². The fourth-order valence-corrected chi connectivity index (χ4v) is 3.18. The molecule has 3 aromatic carbocycles. The predicted octanol–water partition coefficient (Wildman–Crippen LogP) is 5.16. The minimum absolute atomic E-state index is 0.0384. The van der Waals surface area contributed by atoms with E-state index in [1.54, 1.807) is 30.0 Å². The number of aryl methyl sites for hydroxylation is 1. The van der Waals surface area contributed by atoms with E-state index in [2.05, 4.69) is 15.4 Å². The highest BCUT2D eigenvalue weighted by atomic mass is 35.5. The maximum atomic E-state index is 12.9. The topological polar surface area (TPSA) is 69.0 Å². The Balaban J connectivity index is 1.77. The summed E-state index contributed by atoms with van der Waals surface area (Å²) < 4.78 is 6.92. The fraction of sp³-hybridized carbons (Fsp3) is 0.0870. The van der Waals surface area contributed by atoms with Crippen LogP contribution in [-0.4, -0.2) is 27.8 Å². The van der Waals surface area contributed by atoms with Crippen molar-refractivity contribution in [1.82, 2.24) is 14.8 Å². The van der Waals surface area contributed by atoms with Crippen LogP contribution in [-0.2, 0) is 0 Å². The van der Waals surface area contributed by atoms with Crippen molar-refractivity contribution in [2.24, 2.45) is 0 Å². The Morgan fingerprint density at radius 3 is 2.50 bits per heavy atom. The van der Waals surface area contributed by atoms with Crippen molar-refractivity contribution >= 4 is 23.2 Å².